The number of amides is 2. The summed E-state index contributed by atoms with van der Waals surface area (Å²) in [6.45, 7) is 0.258. The van der Waals surface area contributed by atoms with E-state index in [0.29, 0.717) is 32.1 Å². The lowest BCUT2D eigenvalue weighted by Crippen LogP contribution is -2.56. The monoisotopic (exact) mass is 462 g/mol. The summed E-state index contributed by atoms with van der Waals surface area (Å²) in [4.78, 5) is 36.5. The standard InChI is InChI=1S/C27H30N2O5/c30-24(31)15-27(12-5-13-27)29-25(32)17-10-11-18(14-17)28-26(33)34-16-23-21-8-3-1-6-19(21)20-7-2-4-9-22(20)23/h1-4,6-9,17-18,23H,5,10-16H2,(H,28,33)(H,29,32)(H,30,31). The lowest BCUT2D eigenvalue weighted by molar-refractivity contribution is -0.140. The Hall–Kier alpha value is -3.35. The predicted molar refractivity (Wildman–Crippen MR) is 126 cm³/mol. The van der Waals surface area contributed by atoms with Crippen LogP contribution in [0.25, 0.3) is 11.1 Å². The number of hydrogen-bond donors (Lipinski definition) is 3. The Morgan fingerprint density at radius 2 is 1.62 bits per heavy atom. The Bertz CT molecular complexity index is 1060. The molecule has 2 fully saturated rings. The molecule has 5 rings (SSSR count). The summed E-state index contributed by atoms with van der Waals surface area (Å²) in [5.41, 5.74) is 4.11. The van der Waals surface area contributed by atoms with Crippen molar-refractivity contribution in [3.8, 4) is 11.1 Å². The second-order valence-corrected chi connectivity index (χ2v) is 9.87. The van der Waals surface area contributed by atoms with Crippen LogP contribution in [0.4, 0.5) is 4.79 Å². The molecule has 7 nitrogen and oxygen atoms in total. The SMILES string of the molecule is O=C(O)CC1(NC(=O)C2CCC(NC(=O)OCC3c4ccccc4-c4ccccc43)C2)CCC1. The molecule has 0 aromatic heterocycles. The summed E-state index contributed by atoms with van der Waals surface area (Å²) in [6, 6.07) is 16.3. The molecule has 0 spiro atoms. The van der Waals surface area contributed by atoms with Crippen LogP contribution in [0.5, 0.6) is 0 Å². The number of alkyl carbamates (subject to hydrolysis) is 1. The van der Waals surface area contributed by atoms with Crippen LogP contribution in [0.3, 0.4) is 0 Å². The second kappa shape index (κ2) is 9.12. The fraction of sp³-hybridized carbons (Fsp3) is 0.444. The Morgan fingerprint density at radius 3 is 2.21 bits per heavy atom. The van der Waals surface area contributed by atoms with Crippen molar-refractivity contribution in [2.45, 2.75) is 62.4 Å². The molecule has 0 bridgehead atoms. The molecule has 0 saturated heterocycles. The van der Waals surface area contributed by atoms with Crippen molar-refractivity contribution in [2.24, 2.45) is 5.92 Å². The van der Waals surface area contributed by atoms with Crippen molar-refractivity contribution in [2.75, 3.05) is 6.61 Å². The highest BCUT2D eigenvalue weighted by molar-refractivity contribution is 5.81. The molecule has 2 atom stereocenters. The number of aliphatic carboxylic acids is 1. The van der Waals surface area contributed by atoms with Gasteiger partial charge in [0.25, 0.3) is 0 Å². The third kappa shape index (κ3) is 4.39. The van der Waals surface area contributed by atoms with Gasteiger partial charge in [0.1, 0.15) is 6.61 Å². The van der Waals surface area contributed by atoms with E-state index < -0.39 is 17.6 Å². The molecule has 2 amide bonds. The van der Waals surface area contributed by atoms with Gasteiger partial charge in [-0.25, -0.2) is 4.79 Å². The topological polar surface area (TPSA) is 105 Å². The van der Waals surface area contributed by atoms with Gasteiger partial charge < -0.3 is 20.5 Å². The lowest BCUT2D eigenvalue weighted by Gasteiger charge is -2.42. The summed E-state index contributed by atoms with van der Waals surface area (Å²) in [5.74, 6) is -1.20. The molecule has 2 aromatic carbocycles. The van der Waals surface area contributed by atoms with Gasteiger partial charge in [-0.3, -0.25) is 9.59 Å². The van der Waals surface area contributed by atoms with Crippen LogP contribution in [0.1, 0.15) is 62.0 Å². The molecule has 3 aliphatic carbocycles. The number of carbonyl (C=O) groups is 3. The van der Waals surface area contributed by atoms with Gasteiger partial charge in [-0.15, -0.1) is 0 Å². The number of fused-ring (bicyclic) bond motifs is 3. The predicted octanol–water partition coefficient (Wildman–Crippen LogP) is 4.21. The number of carboxylic acid groups (broad SMARTS) is 1. The average Bonchev–Trinajstić information content (AvgIpc) is 3.39. The third-order valence-corrected chi connectivity index (χ3v) is 7.66. The summed E-state index contributed by atoms with van der Waals surface area (Å²) in [7, 11) is 0. The summed E-state index contributed by atoms with van der Waals surface area (Å²) in [5, 5.41) is 15.1. The normalized spacial score (nSPS) is 22.2. The fourth-order valence-electron chi connectivity index (χ4n) is 5.76. The number of nitrogens with one attached hydrogen (secondary N) is 2. The maximum absolute atomic E-state index is 12.8. The third-order valence-electron chi connectivity index (χ3n) is 7.66. The zero-order chi connectivity index (χ0) is 23.7. The van der Waals surface area contributed by atoms with Gasteiger partial charge in [0, 0.05) is 17.9 Å². The van der Waals surface area contributed by atoms with Gasteiger partial charge >= 0.3 is 12.1 Å². The highest BCUT2D eigenvalue weighted by atomic mass is 16.5. The number of benzene rings is 2. The van der Waals surface area contributed by atoms with E-state index in [1.54, 1.807) is 0 Å². The molecular weight excluding hydrogens is 432 g/mol. The quantitative estimate of drug-likeness (QED) is 0.572. The minimum Gasteiger partial charge on any atom is -0.481 e. The molecule has 3 aliphatic rings. The molecule has 2 aromatic rings. The van der Waals surface area contributed by atoms with E-state index in [9.17, 15) is 14.4 Å². The van der Waals surface area contributed by atoms with Crippen molar-refractivity contribution < 1.29 is 24.2 Å². The highest BCUT2D eigenvalue weighted by Crippen LogP contribution is 2.44. The zero-order valence-corrected chi connectivity index (χ0v) is 19.1. The van der Waals surface area contributed by atoms with Gasteiger partial charge in [0.15, 0.2) is 0 Å². The fourth-order valence-corrected chi connectivity index (χ4v) is 5.76. The van der Waals surface area contributed by atoms with Crippen LogP contribution >= 0.6 is 0 Å². The van der Waals surface area contributed by atoms with E-state index in [1.807, 2.05) is 24.3 Å². The number of carboxylic acids is 1. The minimum atomic E-state index is -0.888. The van der Waals surface area contributed by atoms with Gasteiger partial charge in [-0.2, -0.15) is 0 Å². The molecule has 2 unspecified atom stereocenters. The number of rotatable bonds is 7. The van der Waals surface area contributed by atoms with E-state index in [1.165, 1.54) is 22.3 Å². The Labute approximate surface area is 198 Å². The summed E-state index contributed by atoms with van der Waals surface area (Å²) in [6.07, 6.45) is 3.76. The molecule has 0 aliphatic heterocycles. The van der Waals surface area contributed by atoms with Crippen LogP contribution in [-0.2, 0) is 14.3 Å². The first-order chi connectivity index (χ1) is 16.4. The van der Waals surface area contributed by atoms with E-state index in [0.717, 1.165) is 6.42 Å². The van der Waals surface area contributed by atoms with Crippen molar-refractivity contribution in [3.63, 3.8) is 0 Å². The largest absolute Gasteiger partial charge is 0.481 e. The van der Waals surface area contributed by atoms with Crippen LogP contribution in [-0.4, -0.2) is 41.3 Å². The number of ether oxygens (including phenoxy) is 1. The molecule has 3 N–H and O–H groups in total. The van der Waals surface area contributed by atoms with Crippen LogP contribution in [0.2, 0.25) is 0 Å². The Balaban J connectivity index is 1.13. The van der Waals surface area contributed by atoms with Crippen LogP contribution < -0.4 is 10.6 Å². The lowest BCUT2D eigenvalue weighted by atomic mass is 9.74. The summed E-state index contributed by atoms with van der Waals surface area (Å²) >= 11 is 0. The van der Waals surface area contributed by atoms with Crippen LogP contribution in [0, 0.1) is 5.92 Å². The molecule has 178 valence electrons. The van der Waals surface area contributed by atoms with E-state index in [2.05, 4.69) is 34.9 Å². The van der Waals surface area contributed by atoms with Gasteiger partial charge in [0.05, 0.1) is 12.0 Å². The van der Waals surface area contributed by atoms with Crippen LogP contribution in [0.15, 0.2) is 48.5 Å². The Kier molecular flexibility index (Phi) is 6.02. The molecule has 0 heterocycles. The van der Waals surface area contributed by atoms with Gasteiger partial charge in [0.2, 0.25) is 5.91 Å². The van der Waals surface area contributed by atoms with E-state index in [4.69, 9.17) is 9.84 Å². The van der Waals surface area contributed by atoms with E-state index in [-0.39, 0.29) is 36.8 Å². The zero-order valence-electron chi connectivity index (χ0n) is 19.1. The maximum atomic E-state index is 12.8. The maximum Gasteiger partial charge on any atom is 0.407 e. The molecule has 0 radical (unpaired) electrons. The van der Waals surface area contributed by atoms with Gasteiger partial charge in [-0.1, -0.05) is 48.5 Å². The Morgan fingerprint density at radius 1 is 0.971 bits per heavy atom. The highest BCUT2D eigenvalue weighted by Gasteiger charge is 2.42. The van der Waals surface area contributed by atoms with Crippen molar-refractivity contribution in [1.82, 2.24) is 10.6 Å². The van der Waals surface area contributed by atoms with Gasteiger partial charge in [-0.05, 0) is 60.8 Å². The molecule has 2 saturated carbocycles. The molecule has 34 heavy (non-hydrogen) atoms. The van der Waals surface area contributed by atoms with Crippen molar-refractivity contribution >= 4 is 18.0 Å². The second-order valence-electron chi connectivity index (χ2n) is 9.87. The summed E-state index contributed by atoms with van der Waals surface area (Å²) < 4.78 is 5.63. The molecule has 7 heteroatoms. The first kappa shape index (κ1) is 22.4. The first-order valence-electron chi connectivity index (χ1n) is 12.1. The minimum absolute atomic E-state index is 0.00755. The van der Waals surface area contributed by atoms with Crippen molar-refractivity contribution in [3.05, 3.63) is 59.7 Å². The molecular formula is C27H30N2O5. The smallest absolute Gasteiger partial charge is 0.407 e. The average molecular weight is 463 g/mol. The van der Waals surface area contributed by atoms with Crippen molar-refractivity contribution in [1.29, 1.82) is 0 Å². The number of carbonyl (C=O) groups excluding carboxylic acids is 2. The van der Waals surface area contributed by atoms with E-state index >= 15 is 0 Å². The first-order valence-corrected chi connectivity index (χ1v) is 12.1. The number of hydrogen-bond acceptors (Lipinski definition) is 4.